The van der Waals surface area contributed by atoms with Crippen molar-refractivity contribution >= 4 is 11.7 Å². The molecule has 0 bridgehead atoms. The molecular weight excluding hydrogens is 331 g/mol. The highest BCUT2D eigenvalue weighted by molar-refractivity contribution is 5.87. The van der Waals surface area contributed by atoms with Crippen LogP contribution in [0.3, 0.4) is 0 Å². The molecule has 0 aromatic heterocycles. The van der Waals surface area contributed by atoms with Gasteiger partial charge < -0.3 is 16.2 Å². The maximum absolute atomic E-state index is 15.1. The number of phenolic OH excluding ortho intramolecular Hbond substituents is 1. The minimum Gasteiger partial charge on any atom is -0.507 e. The second-order valence-electron chi connectivity index (χ2n) is 6.17. The fraction of sp³-hybridized carbons (Fsp3) is 0.0952. The van der Waals surface area contributed by atoms with E-state index in [1.807, 2.05) is 25.1 Å². The predicted octanol–water partition coefficient (Wildman–Crippen LogP) is 4.59. The van der Waals surface area contributed by atoms with Crippen molar-refractivity contribution < 1.29 is 14.3 Å². The van der Waals surface area contributed by atoms with Crippen molar-refractivity contribution in [2.75, 3.05) is 5.32 Å². The Morgan fingerprint density at radius 2 is 1.85 bits per heavy atom. The van der Waals surface area contributed by atoms with Crippen LogP contribution in [0.2, 0.25) is 0 Å². The number of aromatic hydroxyl groups is 1. The number of amides is 2. The molecule has 26 heavy (non-hydrogen) atoms. The second-order valence-corrected chi connectivity index (χ2v) is 6.17. The van der Waals surface area contributed by atoms with Gasteiger partial charge in [0.2, 0.25) is 0 Å². The van der Waals surface area contributed by atoms with Crippen molar-refractivity contribution in [3.63, 3.8) is 0 Å². The Bertz CT molecular complexity index is 953. The topological polar surface area (TPSA) is 75.3 Å². The van der Waals surface area contributed by atoms with Gasteiger partial charge in [-0.2, -0.15) is 0 Å². The van der Waals surface area contributed by atoms with E-state index in [0.29, 0.717) is 23.2 Å². The summed E-state index contributed by atoms with van der Waals surface area (Å²) in [4.78, 5) is 10.9. The summed E-state index contributed by atoms with van der Waals surface area (Å²) in [6, 6.07) is 16.8. The standard InChI is InChI=1S/C21H19FN2O2/c1-13-3-2-4-15(11-13)19-18(25)10-7-16(20(19)22)12-14-5-8-17(9-6-14)24-21(23)26/h2-11,25H,12H2,1H3,(H3,23,24,26). The summed E-state index contributed by atoms with van der Waals surface area (Å²) in [7, 11) is 0. The first-order valence-electron chi connectivity index (χ1n) is 8.17. The summed E-state index contributed by atoms with van der Waals surface area (Å²) in [5.41, 5.74) is 8.85. The Balaban J connectivity index is 1.92. The molecule has 0 fully saturated rings. The van der Waals surface area contributed by atoms with Crippen LogP contribution in [0.1, 0.15) is 16.7 Å². The summed E-state index contributed by atoms with van der Waals surface area (Å²) in [5, 5.41) is 12.6. The number of aryl methyl sites for hydroxylation is 1. The molecule has 0 saturated heterocycles. The Labute approximate surface area is 151 Å². The first-order valence-corrected chi connectivity index (χ1v) is 8.17. The van der Waals surface area contributed by atoms with E-state index in [2.05, 4.69) is 5.32 Å². The summed E-state index contributed by atoms with van der Waals surface area (Å²) >= 11 is 0. The number of nitrogens with one attached hydrogen (secondary N) is 1. The van der Waals surface area contributed by atoms with E-state index in [0.717, 1.165) is 11.1 Å². The third kappa shape index (κ3) is 3.83. The Hall–Kier alpha value is -3.34. The molecule has 132 valence electrons. The van der Waals surface area contributed by atoms with Crippen molar-refractivity contribution in [1.29, 1.82) is 0 Å². The number of benzene rings is 3. The van der Waals surface area contributed by atoms with Crippen LogP contribution < -0.4 is 11.1 Å². The number of carbonyl (C=O) groups excluding carboxylic acids is 1. The molecule has 2 amide bonds. The SMILES string of the molecule is Cc1cccc(-c2c(O)ccc(Cc3ccc(NC(N)=O)cc3)c2F)c1. The lowest BCUT2D eigenvalue weighted by molar-refractivity contribution is 0.259. The first-order chi connectivity index (χ1) is 12.4. The molecule has 0 aliphatic rings. The summed E-state index contributed by atoms with van der Waals surface area (Å²) in [5.74, 6) is -0.521. The molecule has 4 nitrogen and oxygen atoms in total. The summed E-state index contributed by atoms with van der Waals surface area (Å²) < 4.78 is 15.1. The van der Waals surface area contributed by atoms with Gasteiger partial charge in [-0.25, -0.2) is 9.18 Å². The smallest absolute Gasteiger partial charge is 0.316 e. The average molecular weight is 350 g/mol. The highest BCUT2D eigenvalue weighted by Crippen LogP contribution is 2.34. The van der Waals surface area contributed by atoms with Crippen LogP contribution in [0.25, 0.3) is 11.1 Å². The molecule has 0 spiro atoms. The van der Waals surface area contributed by atoms with Gasteiger partial charge in [0.15, 0.2) is 0 Å². The van der Waals surface area contributed by atoms with Gasteiger partial charge in [0.1, 0.15) is 11.6 Å². The Kier molecular flexibility index (Phi) is 4.89. The Morgan fingerprint density at radius 3 is 2.50 bits per heavy atom. The molecule has 0 heterocycles. The van der Waals surface area contributed by atoms with Gasteiger partial charge in [0.05, 0.1) is 5.56 Å². The number of halogens is 1. The average Bonchev–Trinajstić information content (AvgIpc) is 2.59. The van der Waals surface area contributed by atoms with Crippen molar-refractivity contribution in [2.24, 2.45) is 5.73 Å². The molecular formula is C21H19FN2O2. The molecule has 5 heteroatoms. The molecule has 4 N–H and O–H groups in total. The number of carbonyl (C=O) groups is 1. The molecule has 3 aromatic rings. The van der Waals surface area contributed by atoms with Crippen LogP contribution in [0.4, 0.5) is 14.9 Å². The number of phenols is 1. The second kappa shape index (κ2) is 7.27. The molecule has 0 atom stereocenters. The van der Waals surface area contributed by atoms with Crippen molar-refractivity contribution in [2.45, 2.75) is 13.3 Å². The number of nitrogens with two attached hydrogens (primary N) is 1. The van der Waals surface area contributed by atoms with Crippen LogP contribution in [0.5, 0.6) is 5.75 Å². The molecule has 0 saturated carbocycles. The maximum Gasteiger partial charge on any atom is 0.316 e. The van der Waals surface area contributed by atoms with Crippen LogP contribution in [0, 0.1) is 12.7 Å². The highest BCUT2D eigenvalue weighted by Gasteiger charge is 2.15. The quantitative estimate of drug-likeness (QED) is 0.644. The zero-order valence-corrected chi connectivity index (χ0v) is 14.3. The molecule has 3 rings (SSSR count). The number of primary amides is 1. The van der Waals surface area contributed by atoms with Crippen LogP contribution in [-0.4, -0.2) is 11.1 Å². The largest absolute Gasteiger partial charge is 0.507 e. The Morgan fingerprint density at radius 1 is 1.12 bits per heavy atom. The van der Waals surface area contributed by atoms with Gasteiger partial charge >= 0.3 is 6.03 Å². The third-order valence-corrected chi connectivity index (χ3v) is 4.12. The monoisotopic (exact) mass is 350 g/mol. The van der Waals surface area contributed by atoms with Crippen molar-refractivity contribution in [3.05, 3.63) is 83.2 Å². The third-order valence-electron chi connectivity index (χ3n) is 4.12. The van der Waals surface area contributed by atoms with Gasteiger partial charge in [0.25, 0.3) is 0 Å². The maximum atomic E-state index is 15.1. The first kappa shape index (κ1) is 17.5. The zero-order valence-electron chi connectivity index (χ0n) is 14.3. The molecule has 0 aliphatic carbocycles. The molecule has 3 aromatic carbocycles. The van der Waals surface area contributed by atoms with Crippen molar-refractivity contribution in [3.8, 4) is 16.9 Å². The highest BCUT2D eigenvalue weighted by atomic mass is 19.1. The fourth-order valence-corrected chi connectivity index (χ4v) is 2.89. The number of anilines is 1. The number of rotatable bonds is 4. The number of hydrogen-bond donors (Lipinski definition) is 3. The van der Waals surface area contributed by atoms with E-state index < -0.39 is 11.8 Å². The number of hydrogen-bond acceptors (Lipinski definition) is 2. The summed E-state index contributed by atoms with van der Waals surface area (Å²) in [6.07, 6.45) is 0.363. The normalized spacial score (nSPS) is 10.5. The van der Waals surface area contributed by atoms with Gasteiger partial charge in [-0.05, 0) is 41.8 Å². The molecule has 0 unspecified atom stereocenters. The van der Waals surface area contributed by atoms with Crippen molar-refractivity contribution in [1.82, 2.24) is 0 Å². The summed E-state index contributed by atoms with van der Waals surface area (Å²) in [6.45, 7) is 1.92. The van der Waals surface area contributed by atoms with E-state index in [-0.39, 0.29) is 11.3 Å². The molecule has 0 aliphatic heterocycles. The van der Waals surface area contributed by atoms with E-state index in [4.69, 9.17) is 5.73 Å². The zero-order chi connectivity index (χ0) is 18.7. The predicted molar refractivity (Wildman–Crippen MR) is 101 cm³/mol. The van der Waals surface area contributed by atoms with Gasteiger partial charge in [-0.3, -0.25) is 0 Å². The van der Waals surface area contributed by atoms with E-state index in [1.54, 1.807) is 36.4 Å². The lowest BCUT2D eigenvalue weighted by Crippen LogP contribution is -2.19. The van der Waals surface area contributed by atoms with Gasteiger partial charge in [-0.15, -0.1) is 0 Å². The van der Waals surface area contributed by atoms with E-state index in [1.165, 1.54) is 6.07 Å². The van der Waals surface area contributed by atoms with Gasteiger partial charge in [0, 0.05) is 12.1 Å². The fourth-order valence-electron chi connectivity index (χ4n) is 2.89. The minimum atomic E-state index is -0.634. The van der Waals surface area contributed by atoms with Crippen LogP contribution >= 0.6 is 0 Å². The number of urea groups is 1. The van der Waals surface area contributed by atoms with Crippen LogP contribution in [-0.2, 0) is 6.42 Å². The lowest BCUT2D eigenvalue weighted by atomic mass is 9.96. The van der Waals surface area contributed by atoms with E-state index in [9.17, 15) is 9.90 Å². The van der Waals surface area contributed by atoms with Crippen LogP contribution in [0.15, 0.2) is 60.7 Å². The minimum absolute atomic E-state index is 0.0853. The molecule has 0 radical (unpaired) electrons. The van der Waals surface area contributed by atoms with Gasteiger partial charge in [-0.1, -0.05) is 48.0 Å². The van der Waals surface area contributed by atoms with E-state index >= 15 is 4.39 Å². The lowest BCUT2D eigenvalue weighted by Gasteiger charge is -2.12.